The van der Waals surface area contributed by atoms with Crippen LogP contribution in [0.4, 0.5) is 4.39 Å². The summed E-state index contributed by atoms with van der Waals surface area (Å²) in [5.74, 6) is -1.24. The van der Waals surface area contributed by atoms with Gasteiger partial charge in [-0.2, -0.15) is 0 Å². The van der Waals surface area contributed by atoms with Crippen molar-refractivity contribution >= 4 is 28.6 Å². The second-order valence-electron chi connectivity index (χ2n) is 4.18. The quantitative estimate of drug-likeness (QED) is 0.824. The van der Waals surface area contributed by atoms with Gasteiger partial charge in [-0.05, 0) is 59.3 Å². The van der Waals surface area contributed by atoms with Gasteiger partial charge in [-0.25, -0.2) is 9.18 Å². The van der Waals surface area contributed by atoms with E-state index in [9.17, 15) is 14.3 Å². The van der Waals surface area contributed by atoms with Gasteiger partial charge in [0.15, 0.2) is 0 Å². The first kappa shape index (κ1) is 14.0. The van der Waals surface area contributed by atoms with Crippen LogP contribution in [0, 0.1) is 9.39 Å². The van der Waals surface area contributed by atoms with E-state index in [-0.39, 0.29) is 11.5 Å². The van der Waals surface area contributed by atoms with Gasteiger partial charge in [0.05, 0.1) is 0 Å². The average molecular weight is 373 g/mol. The lowest BCUT2D eigenvalue weighted by atomic mass is 10.1. The first-order chi connectivity index (χ1) is 9.04. The lowest BCUT2D eigenvalue weighted by Gasteiger charge is -2.12. The van der Waals surface area contributed by atoms with E-state index in [1.54, 1.807) is 22.8 Å². The van der Waals surface area contributed by atoms with Crippen LogP contribution in [0.5, 0.6) is 0 Å². The third-order valence-electron chi connectivity index (χ3n) is 2.85. The maximum Gasteiger partial charge on any atom is 0.352 e. The zero-order valence-corrected chi connectivity index (χ0v) is 12.5. The number of aromatic nitrogens is 1. The van der Waals surface area contributed by atoms with Crippen LogP contribution in [0.25, 0.3) is 11.3 Å². The lowest BCUT2D eigenvalue weighted by molar-refractivity contribution is 0.0685. The predicted molar refractivity (Wildman–Crippen MR) is 79.8 cm³/mol. The van der Waals surface area contributed by atoms with Crippen LogP contribution in [0.2, 0.25) is 0 Å². The highest BCUT2D eigenvalue weighted by Crippen LogP contribution is 2.28. The summed E-state index contributed by atoms with van der Waals surface area (Å²) in [7, 11) is 0. The molecule has 1 heterocycles. The number of benzene rings is 1. The Bertz CT molecular complexity index is 622. The first-order valence-corrected chi connectivity index (χ1v) is 7.00. The van der Waals surface area contributed by atoms with Crippen molar-refractivity contribution in [2.75, 3.05) is 0 Å². The number of aromatic carboxylic acids is 1. The monoisotopic (exact) mass is 373 g/mol. The van der Waals surface area contributed by atoms with Crippen LogP contribution in [0.1, 0.15) is 23.8 Å². The SMILES string of the molecule is CCCn1c(C(=O)O)ccc1-c1ccc(F)cc1I. The normalized spacial score (nSPS) is 10.7. The van der Waals surface area contributed by atoms with E-state index in [2.05, 4.69) is 22.6 Å². The summed E-state index contributed by atoms with van der Waals surface area (Å²) in [5.41, 5.74) is 1.92. The van der Waals surface area contributed by atoms with E-state index >= 15 is 0 Å². The Labute approximate surface area is 124 Å². The molecule has 0 unspecified atom stereocenters. The van der Waals surface area contributed by atoms with Crippen LogP contribution in [0.3, 0.4) is 0 Å². The molecule has 2 aromatic rings. The molecule has 0 fully saturated rings. The van der Waals surface area contributed by atoms with E-state index < -0.39 is 5.97 Å². The first-order valence-electron chi connectivity index (χ1n) is 5.92. The van der Waals surface area contributed by atoms with E-state index in [1.807, 2.05) is 6.92 Å². The molecule has 0 amide bonds. The van der Waals surface area contributed by atoms with Crippen molar-refractivity contribution in [1.29, 1.82) is 0 Å². The highest BCUT2D eigenvalue weighted by Gasteiger charge is 2.16. The van der Waals surface area contributed by atoms with Crippen molar-refractivity contribution in [1.82, 2.24) is 4.57 Å². The summed E-state index contributed by atoms with van der Waals surface area (Å²) < 4.78 is 15.7. The van der Waals surface area contributed by atoms with Gasteiger partial charge in [0, 0.05) is 21.4 Å². The zero-order valence-electron chi connectivity index (χ0n) is 10.4. The molecule has 3 nitrogen and oxygen atoms in total. The molecular weight excluding hydrogens is 360 g/mol. The van der Waals surface area contributed by atoms with Gasteiger partial charge in [-0.3, -0.25) is 0 Å². The number of hydrogen-bond donors (Lipinski definition) is 1. The van der Waals surface area contributed by atoms with Gasteiger partial charge in [-0.1, -0.05) is 6.92 Å². The molecule has 0 atom stereocenters. The Hall–Kier alpha value is -1.37. The molecule has 1 N–H and O–H groups in total. The third-order valence-corrected chi connectivity index (χ3v) is 3.75. The highest BCUT2D eigenvalue weighted by molar-refractivity contribution is 14.1. The molecule has 0 spiro atoms. The fourth-order valence-electron chi connectivity index (χ4n) is 2.05. The number of nitrogens with zero attached hydrogens (tertiary/aromatic N) is 1. The summed E-state index contributed by atoms with van der Waals surface area (Å²) in [6.45, 7) is 2.61. The van der Waals surface area contributed by atoms with E-state index in [0.717, 1.165) is 21.2 Å². The second kappa shape index (κ2) is 5.73. The predicted octanol–water partition coefficient (Wildman–Crippen LogP) is 4.01. The number of hydrogen-bond acceptors (Lipinski definition) is 1. The molecule has 1 aromatic carbocycles. The Balaban J connectivity index is 2.58. The van der Waals surface area contributed by atoms with Crippen LogP contribution >= 0.6 is 22.6 Å². The number of carboxylic acid groups (broad SMARTS) is 1. The second-order valence-corrected chi connectivity index (χ2v) is 5.35. The van der Waals surface area contributed by atoms with Crippen LogP contribution in [0.15, 0.2) is 30.3 Å². The number of carbonyl (C=O) groups is 1. The van der Waals surface area contributed by atoms with E-state index in [0.29, 0.717) is 6.54 Å². The average Bonchev–Trinajstić information content (AvgIpc) is 2.73. The molecule has 0 saturated heterocycles. The van der Waals surface area contributed by atoms with Gasteiger partial charge in [0.25, 0.3) is 0 Å². The molecule has 1 aromatic heterocycles. The molecule has 5 heteroatoms. The third kappa shape index (κ3) is 2.80. The molecule has 2 rings (SSSR count). The molecule has 19 heavy (non-hydrogen) atoms. The maximum atomic E-state index is 13.1. The summed E-state index contributed by atoms with van der Waals surface area (Å²) in [6, 6.07) is 7.88. The van der Waals surface area contributed by atoms with Gasteiger partial charge in [0.2, 0.25) is 0 Å². The molecule has 100 valence electrons. The minimum atomic E-state index is -0.947. The van der Waals surface area contributed by atoms with Gasteiger partial charge < -0.3 is 9.67 Å². The Kier molecular flexibility index (Phi) is 4.24. The topological polar surface area (TPSA) is 42.2 Å². The van der Waals surface area contributed by atoms with Crippen LogP contribution in [-0.4, -0.2) is 15.6 Å². The fourth-order valence-corrected chi connectivity index (χ4v) is 2.80. The minimum Gasteiger partial charge on any atom is -0.477 e. The summed E-state index contributed by atoms with van der Waals surface area (Å²) in [5, 5.41) is 9.18. The van der Waals surface area contributed by atoms with Gasteiger partial charge in [0.1, 0.15) is 11.5 Å². The molecule has 0 saturated carbocycles. The summed E-state index contributed by atoms with van der Waals surface area (Å²) in [4.78, 5) is 11.2. The van der Waals surface area contributed by atoms with Crippen molar-refractivity contribution in [3.05, 3.63) is 45.4 Å². The zero-order chi connectivity index (χ0) is 14.0. The van der Waals surface area contributed by atoms with Gasteiger partial charge in [-0.15, -0.1) is 0 Å². The maximum absolute atomic E-state index is 13.1. The number of carboxylic acids is 1. The van der Waals surface area contributed by atoms with Crippen LogP contribution < -0.4 is 0 Å². The van der Waals surface area contributed by atoms with Gasteiger partial charge >= 0.3 is 5.97 Å². The molecule has 0 radical (unpaired) electrons. The summed E-state index contributed by atoms with van der Waals surface area (Å²) >= 11 is 2.06. The minimum absolute atomic E-state index is 0.261. The molecule has 0 bridgehead atoms. The van der Waals surface area contributed by atoms with Crippen molar-refractivity contribution < 1.29 is 14.3 Å². The summed E-state index contributed by atoms with van der Waals surface area (Å²) in [6.07, 6.45) is 0.833. The molecule has 0 aliphatic heterocycles. The van der Waals surface area contributed by atoms with Crippen molar-refractivity contribution in [3.8, 4) is 11.3 Å². The smallest absolute Gasteiger partial charge is 0.352 e. The van der Waals surface area contributed by atoms with E-state index in [1.165, 1.54) is 12.1 Å². The fraction of sp³-hybridized carbons (Fsp3) is 0.214. The Morgan fingerprint density at radius 2 is 2.11 bits per heavy atom. The standard InChI is InChI=1S/C14H13FINO2/c1-2-7-17-12(5-6-13(17)14(18)19)10-4-3-9(15)8-11(10)16/h3-6,8H,2,7H2,1H3,(H,18,19). The molecule has 0 aliphatic rings. The van der Waals surface area contributed by atoms with Crippen molar-refractivity contribution in [2.24, 2.45) is 0 Å². The number of rotatable bonds is 4. The van der Waals surface area contributed by atoms with Crippen molar-refractivity contribution in [2.45, 2.75) is 19.9 Å². The van der Waals surface area contributed by atoms with E-state index in [4.69, 9.17) is 0 Å². The Morgan fingerprint density at radius 3 is 2.68 bits per heavy atom. The largest absolute Gasteiger partial charge is 0.477 e. The Morgan fingerprint density at radius 1 is 1.37 bits per heavy atom. The van der Waals surface area contributed by atoms with Crippen molar-refractivity contribution in [3.63, 3.8) is 0 Å². The molecule has 0 aliphatic carbocycles. The molecular formula is C14H13FINO2. The number of halogens is 2. The lowest BCUT2D eigenvalue weighted by Crippen LogP contribution is -2.09. The highest BCUT2D eigenvalue weighted by atomic mass is 127. The van der Waals surface area contributed by atoms with Crippen LogP contribution in [-0.2, 0) is 6.54 Å².